The number of hydrogen-bond acceptors (Lipinski definition) is 6. The summed E-state index contributed by atoms with van der Waals surface area (Å²) in [6, 6.07) is 16.1. The second-order valence-corrected chi connectivity index (χ2v) is 19.1. The SMILES string of the molecule is CC(CCCC(C)(C)C(C)(CC(C)(C)C)C(=O)Oc1ccc([S+]2CCOCC2)cc1)C(=O)Oc1ccc([S+]2CCOCC2)cc1. The predicted molar refractivity (Wildman–Crippen MR) is 185 cm³/mol. The van der Waals surface area contributed by atoms with Crippen molar-refractivity contribution in [1.29, 1.82) is 0 Å². The fourth-order valence-electron chi connectivity index (χ4n) is 6.25. The van der Waals surface area contributed by atoms with E-state index < -0.39 is 5.41 Å². The molecule has 4 rings (SSSR count). The van der Waals surface area contributed by atoms with Crippen LogP contribution < -0.4 is 9.47 Å². The molecule has 45 heavy (non-hydrogen) atoms. The van der Waals surface area contributed by atoms with Gasteiger partial charge in [0, 0.05) is 21.8 Å². The van der Waals surface area contributed by atoms with Gasteiger partial charge in [0.2, 0.25) is 0 Å². The number of ether oxygens (including phenoxy) is 4. The number of rotatable bonds is 12. The van der Waals surface area contributed by atoms with Crippen molar-refractivity contribution in [3.8, 4) is 11.5 Å². The van der Waals surface area contributed by atoms with E-state index in [4.69, 9.17) is 18.9 Å². The number of hydrogen-bond donors (Lipinski definition) is 0. The third-order valence-electron chi connectivity index (χ3n) is 9.31. The van der Waals surface area contributed by atoms with Crippen molar-refractivity contribution in [2.45, 2.75) is 83.9 Å². The van der Waals surface area contributed by atoms with Crippen LogP contribution in [0.3, 0.4) is 0 Å². The van der Waals surface area contributed by atoms with Crippen LogP contribution in [0.4, 0.5) is 0 Å². The Morgan fingerprint density at radius 3 is 1.62 bits per heavy atom. The average molecular weight is 659 g/mol. The quantitative estimate of drug-likeness (QED) is 0.134. The molecule has 2 aliphatic rings. The highest BCUT2D eigenvalue weighted by Gasteiger charge is 2.50. The molecule has 0 radical (unpaired) electrons. The van der Waals surface area contributed by atoms with Gasteiger partial charge in [-0.25, -0.2) is 0 Å². The lowest BCUT2D eigenvalue weighted by molar-refractivity contribution is -0.156. The largest absolute Gasteiger partial charge is 0.426 e. The van der Waals surface area contributed by atoms with Gasteiger partial charge in [0.15, 0.2) is 9.79 Å². The minimum absolute atomic E-state index is 0.0724. The van der Waals surface area contributed by atoms with Crippen LogP contribution in [0.25, 0.3) is 0 Å². The van der Waals surface area contributed by atoms with Crippen LogP contribution in [0, 0.1) is 22.2 Å². The van der Waals surface area contributed by atoms with E-state index in [2.05, 4.69) is 65.8 Å². The van der Waals surface area contributed by atoms with E-state index in [0.717, 1.165) is 62.3 Å². The molecule has 8 heteroatoms. The molecule has 0 spiro atoms. The van der Waals surface area contributed by atoms with Gasteiger partial charge in [0.05, 0.1) is 37.8 Å². The molecule has 6 nitrogen and oxygen atoms in total. The first-order valence-electron chi connectivity index (χ1n) is 16.4. The van der Waals surface area contributed by atoms with E-state index >= 15 is 0 Å². The summed E-state index contributed by atoms with van der Waals surface area (Å²) in [6.07, 6.45) is 2.98. The predicted octanol–water partition coefficient (Wildman–Crippen LogP) is 7.49. The minimum Gasteiger partial charge on any atom is -0.426 e. The molecular weight excluding hydrogens is 605 g/mol. The van der Waals surface area contributed by atoms with Gasteiger partial charge in [-0.2, -0.15) is 0 Å². The summed E-state index contributed by atoms with van der Waals surface area (Å²) in [6.45, 7) is 18.1. The van der Waals surface area contributed by atoms with E-state index in [9.17, 15) is 9.59 Å². The minimum atomic E-state index is -0.719. The van der Waals surface area contributed by atoms with Gasteiger partial charge in [-0.05, 0) is 85.5 Å². The van der Waals surface area contributed by atoms with Crippen molar-refractivity contribution in [2.24, 2.45) is 22.2 Å². The summed E-state index contributed by atoms with van der Waals surface area (Å²) in [5.41, 5.74) is -1.15. The number of esters is 2. The first kappa shape index (κ1) is 35.8. The Kier molecular flexibility index (Phi) is 12.5. The second kappa shape index (κ2) is 15.7. The molecule has 2 saturated heterocycles. The van der Waals surface area contributed by atoms with Gasteiger partial charge in [-0.1, -0.05) is 48.0 Å². The van der Waals surface area contributed by atoms with Crippen LogP contribution in [0.1, 0.15) is 74.1 Å². The lowest BCUT2D eigenvalue weighted by atomic mass is 9.58. The van der Waals surface area contributed by atoms with Gasteiger partial charge in [-0.15, -0.1) is 0 Å². The summed E-state index contributed by atoms with van der Waals surface area (Å²) >= 11 is 0. The highest BCUT2D eigenvalue weighted by Crippen LogP contribution is 2.50. The first-order chi connectivity index (χ1) is 21.3. The fourth-order valence-corrected chi connectivity index (χ4v) is 9.92. The number of carbonyl (C=O) groups excluding carboxylic acids is 2. The Balaban J connectivity index is 1.33. The zero-order chi connectivity index (χ0) is 32.7. The lowest BCUT2D eigenvalue weighted by Crippen LogP contribution is -2.47. The van der Waals surface area contributed by atoms with E-state index in [1.54, 1.807) is 0 Å². The number of benzene rings is 2. The zero-order valence-electron chi connectivity index (χ0n) is 28.4. The van der Waals surface area contributed by atoms with Gasteiger partial charge >= 0.3 is 11.9 Å². The molecular formula is C37H54O6S2+2. The highest BCUT2D eigenvalue weighted by atomic mass is 32.2. The van der Waals surface area contributed by atoms with Crippen LogP contribution in [-0.2, 0) is 40.9 Å². The van der Waals surface area contributed by atoms with Crippen molar-refractivity contribution in [3.63, 3.8) is 0 Å². The molecule has 0 saturated carbocycles. The molecule has 2 aliphatic heterocycles. The fraction of sp³-hybridized carbons (Fsp3) is 0.622. The standard InChI is InChI=1S/C37H54O6S2/c1-28(33(38)42-29-10-14-31(15-11-29)44-23-19-40-20-24-44)9-8-18-36(5,6)37(7,27-35(2,3)4)34(39)43-30-12-16-32(17-13-30)45-25-21-41-22-26-45/h10-17,28H,8-9,18-27H2,1-7H3/q+2. The summed E-state index contributed by atoms with van der Waals surface area (Å²) in [5.74, 6) is 4.76. The molecule has 2 atom stereocenters. The Hall–Kier alpha value is -2.00. The maximum Gasteiger partial charge on any atom is 0.317 e. The van der Waals surface area contributed by atoms with E-state index in [0.29, 0.717) is 24.3 Å². The lowest BCUT2D eigenvalue weighted by Gasteiger charge is -2.45. The molecule has 248 valence electrons. The van der Waals surface area contributed by atoms with Crippen LogP contribution >= 0.6 is 0 Å². The van der Waals surface area contributed by atoms with E-state index in [1.807, 2.05) is 31.2 Å². The Labute approximate surface area is 277 Å². The Morgan fingerprint density at radius 1 is 0.733 bits per heavy atom. The van der Waals surface area contributed by atoms with Crippen LogP contribution in [-0.4, -0.2) is 61.4 Å². The van der Waals surface area contributed by atoms with Crippen molar-refractivity contribution >= 4 is 33.7 Å². The molecule has 2 aromatic carbocycles. The highest BCUT2D eigenvalue weighted by molar-refractivity contribution is 7.97. The molecule has 0 bridgehead atoms. The van der Waals surface area contributed by atoms with Gasteiger partial charge < -0.3 is 18.9 Å². The molecule has 2 aromatic rings. The maximum atomic E-state index is 14.0. The van der Waals surface area contributed by atoms with Crippen LogP contribution in [0.15, 0.2) is 58.3 Å². The van der Waals surface area contributed by atoms with Crippen molar-refractivity contribution < 1.29 is 28.5 Å². The molecule has 0 aromatic heterocycles. The monoisotopic (exact) mass is 658 g/mol. The molecule has 2 fully saturated rings. The third kappa shape index (κ3) is 9.99. The van der Waals surface area contributed by atoms with Crippen molar-refractivity contribution in [3.05, 3.63) is 48.5 Å². The van der Waals surface area contributed by atoms with E-state index in [-0.39, 0.29) is 50.5 Å². The topological polar surface area (TPSA) is 71.1 Å². The smallest absolute Gasteiger partial charge is 0.317 e. The van der Waals surface area contributed by atoms with Gasteiger partial charge in [-0.3, -0.25) is 9.59 Å². The average Bonchev–Trinajstić information content (AvgIpc) is 3.01. The third-order valence-corrected chi connectivity index (χ3v) is 13.8. The molecule has 0 N–H and O–H groups in total. The van der Waals surface area contributed by atoms with Crippen molar-refractivity contribution in [2.75, 3.05) is 49.4 Å². The second-order valence-electron chi connectivity index (χ2n) is 14.5. The van der Waals surface area contributed by atoms with Crippen LogP contribution in [0.2, 0.25) is 0 Å². The summed E-state index contributed by atoms with van der Waals surface area (Å²) in [7, 11) is 0.415. The molecule has 0 aliphatic carbocycles. The normalized spacial score (nSPS) is 19.0. The first-order valence-corrected chi connectivity index (χ1v) is 19.5. The Morgan fingerprint density at radius 2 is 1.18 bits per heavy atom. The van der Waals surface area contributed by atoms with Crippen molar-refractivity contribution in [1.82, 2.24) is 0 Å². The Bertz CT molecular complexity index is 1240. The van der Waals surface area contributed by atoms with E-state index in [1.165, 1.54) is 9.79 Å². The summed E-state index contributed by atoms with van der Waals surface area (Å²) < 4.78 is 22.8. The van der Waals surface area contributed by atoms with Crippen LogP contribution in [0.5, 0.6) is 11.5 Å². The molecule has 2 heterocycles. The summed E-state index contributed by atoms with van der Waals surface area (Å²) in [4.78, 5) is 29.5. The molecule has 0 amide bonds. The zero-order valence-corrected chi connectivity index (χ0v) is 30.1. The number of carbonyl (C=O) groups is 2. The molecule has 2 unspecified atom stereocenters. The van der Waals surface area contributed by atoms with Gasteiger partial charge in [0.1, 0.15) is 34.5 Å². The maximum absolute atomic E-state index is 14.0. The summed E-state index contributed by atoms with van der Waals surface area (Å²) in [5, 5.41) is 0. The van der Waals surface area contributed by atoms with Gasteiger partial charge in [0.25, 0.3) is 0 Å².